The predicted molar refractivity (Wildman–Crippen MR) is 62.2 cm³/mol. The monoisotopic (exact) mass is 215 g/mol. The molecule has 0 N–H and O–H groups in total. The van der Waals surface area contributed by atoms with E-state index in [1.54, 1.807) is 6.92 Å². The van der Waals surface area contributed by atoms with Gasteiger partial charge in [0.25, 0.3) is 11.8 Å². The molecule has 0 fully saturated rings. The maximum absolute atomic E-state index is 11.8. The van der Waals surface area contributed by atoms with Gasteiger partial charge >= 0.3 is 0 Å². The molecule has 0 radical (unpaired) electrons. The van der Waals surface area contributed by atoms with Crippen LogP contribution in [0, 0.1) is 13.8 Å². The number of carbonyl (C=O) groups is 2. The molecule has 3 nitrogen and oxygen atoms in total. The van der Waals surface area contributed by atoms with Gasteiger partial charge in [0.2, 0.25) is 0 Å². The minimum absolute atomic E-state index is 0.227. The van der Waals surface area contributed by atoms with E-state index in [9.17, 15) is 9.59 Å². The van der Waals surface area contributed by atoms with Gasteiger partial charge in [-0.15, -0.1) is 0 Å². The summed E-state index contributed by atoms with van der Waals surface area (Å²) in [5.74, 6) is -0.484. The third-order valence-corrected chi connectivity index (χ3v) is 2.57. The van der Waals surface area contributed by atoms with Crippen molar-refractivity contribution in [2.24, 2.45) is 0 Å². The third-order valence-electron chi connectivity index (χ3n) is 2.57. The molecule has 1 aliphatic heterocycles. The van der Waals surface area contributed by atoms with Gasteiger partial charge in [-0.1, -0.05) is 6.07 Å². The Balaban J connectivity index is 2.46. The Bertz CT molecular complexity index is 494. The molecule has 3 heteroatoms. The molecule has 0 saturated heterocycles. The Hall–Kier alpha value is -1.90. The normalized spacial score (nSPS) is 15.7. The SMILES string of the molecule is CC1=CC(=O)N(c2cc(C)cc(C)c2)C1=O. The van der Waals surface area contributed by atoms with Crippen molar-refractivity contribution in [3.05, 3.63) is 41.0 Å². The zero-order valence-corrected chi connectivity index (χ0v) is 9.57. The summed E-state index contributed by atoms with van der Waals surface area (Å²) in [6, 6.07) is 5.69. The van der Waals surface area contributed by atoms with Crippen molar-refractivity contribution in [1.82, 2.24) is 0 Å². The summed E-state index contributed by atoms with van der Waals surface area (Å²) >= 11 is 0. The predicted octanol–water partition coefficient (Wildman–Crippen LogP) is 2.12. The summed E-state index contributed by atoms with van der Waals surface area (Å²) in [6.45, 7) is 5.55. The molecule has 1 aromatic rings. The second kappa shape index (κ2) is 3.59. The standard InChI is InChI=1S/C13H13NO2/c1-8-4-9(2)6-11(5-8)14-12(15)7-10(3)13(14)16/h4-7H,1-3H3. The van der Waals surface area contributed by atoms with Crippen LogP contribution in [0.1, 0.15) is 18.1 Å². The van der Waals surface area contributed by atoms with Crippen molar-refractivity contribution in [2.75, 3.05) is 4.90 Å². The highest BCUT2D eigenvalue weighted by molar-refractivity contribution is 6.30. The summed E-state index contributed by atoms with van der Waals surface area (Å²) in [6.07, 6.45) is 1.38. The highest BCUT2D eigenvalue weighted by Crippen LogP contribution is 2.24. The largest absolute Gasteiger partial charge is 0.269 e. The van der Waals surface area contributed by atoms with Crippen LogP contribution in [0.5, 0.6) is 0 Å². The Labute approximate surface area is 94.4 Å². The maximum Gasteiger partial charge on any atom is 0.261 e. The minimum Gasteiger partial charge on any atom is -0.269 e. The summed E-state index contributed by atoms with van der Waals surface area (Å²) in [5, 5.41) is 0. The van der Waals surface area contributed by atoms with Crippen LogP contribution < -0.4 is 4.90 Å². The fourth-order valence-corrected chi connectivity index (χ4v) is 1.91. The fraction of sp³-hybridized carbons (Fsp3) is 0.231. The number of amides is 2. The third kappa shape index (κ3) is 1.65. The average molecular weight is 215 g/mol. The van der Waals surface area contributed by atoms with Crippen LogP contribution in [-0.4, -0.2) is 11.8 Å². The summed E-state index contributed by atoms with van der Waals surface area (Å²) < 4.78 is 0. The van der Waals surface area contributed by atoms with Gasteiger partial charge in [0.1, 0.15) is 0 Å². The van der Waals surface area contributed by atoms with Crippen LogP contribution in [-0.2, 0) is 9.59 Å². The van der Waals surface area contributed by atoms with Crippen LogP contribution in [0.15, 0.2) is 29.8 Å². The lowest BCUT2D eigenvalue weighted by Gasteiger charge is -2.15. The smallest absolute Gasteiger partial charge is 0.261 e. The number of rotatable bonds is 1. The molecule has 82 valence electrons. The van der Waals surface area contributed by atoms with Crippen molar-refractivity contribution in [2.45, 2.75) is 20.8 Å². The fourth-order valence-electron chi connectivity index (χ4n) is 1.91. The molecular formula is C13H13NO2. The number of hydrogen-bond acceptors (Lipinski definition) is 2. The Kier molecular flexibility index (Phi) is 2.38. The van der Waals surface area contributed by atoms with Crippen molar-refractivity contribution >= 4 is 17.5 Å². The lowest BCUT2D eigenvalue weighted by molar-refractivity contribution is -0.120. The van der Waals surface area contributed by atoms with E-state index >= 15 is 0 Å². The number of anilines is 1. The molecule has 1 aromatic carbocycles. The van der Waals surface area contributed by atoms with Crippen LogP contribution in [0.3, 0.4) is 0 Å². The van der Waals surface area contributed by atoms with Gasteiger partial charge in [0, 0.05) is 11.6 Å². The van der Waals surface area contributed by atoms with Crippen molar-refractivity contribution < 1.29 is 9.59 Å². The van der Waals surface area contributed by atoms with E-state index in [2.05, 4.69) is 0 Å². The van der Waals surface area contributed by atoms with Gasteiger partial charge in [0.05, 0.1) is 5.69 Å². The summed E-state index contributed by atoms with van der Waals surface area (Å²) in [5.41, 5.74) is 3.23. The van der Waals surface area contributed by atoms with Crippen molar-refractivity contribution in [3.8, 4) is 0 Å². The van der Waals surface area contributed by atoms with E-state index in [0.29, 0.717) is 11.3 Å². The molecule has 2 rings (SSSR count). The van der Waals surface area contributed by atoms with Gasteiger partial charge in [0.15, 0.2) is 0 Å². The highest BCUT2D eigenvalue weighted by atomic mass is 16.2. The zero-order valence-electron chi connectivity index (χ0n) is 9.57. The maximum atomic E-state index is 11.8. The molecule has 0 unspecified atom stereocenters. The quantitative estimate of drug-likeness (QED) is 0.673. The van der Waals surface area contributed by atoms with Crippen molar-refractivity contribution in [1.29, 1.82) is 0 Å². The van der Waals surface area contributed by atoms with E-state index in [1.165, 1.54) is 11.0 Å². The minimum atomic E-state index is -0.257. The average Bonchev–Trinajstić information content (AvgIpc) is 2.39. The van der Waals surface area contributed by atoms with Crippen LogP contribution in [0.25, 0.3) is 0 Å². The topological polar surface area (TPSA) is 37.4 Å². The second-order valence-corrected chi connectivity index (χ2v) is 4.15. The molecule has 1 heterocycles. The molecule has 0 saturated carbocycles. The van der Waals surface area contributed by atoms with E-state index in [-0.39, 0.29) is 11.8 Å². The lowest BCUT2D eigenvalue weighted by atomic mass is 10.1. The van der Waals surface area contributed by atoms with Crippen LogP contribution >= 0.6 is 0 Å². The number of nitrogens with zero attached hydrogens (tertiary/aromatic N) is 1. The number of hydrogen-bond donors (Lipinski definition) is 0. The van der Waals surface area contributed by atoms with E-state index in [4.69, 9.17) is 0 Å². The van der Waals surface area contributed by atoms with Gasteiger partial charge in [-0.25, -0.2) is 4.90 Å². The molecule has 0 bridgehead atoms. The van der Waals surface area contributed by atoms with Crippen LogP contribution in [0.2, 0.25) is 0 Å². The first-order valence-electron chi connectivity index (χ1n) is 5.14. The first-order valence-corrected chi connectivity index (χ1v) is 5.14. The van der Waals surface area contributed by atoms with E-state index < -0.39 is 0 Å². The molecule has 0 aliphatic carbocycles. The number of imide groups is 1. The molecule has 0 atom stereocenters. The number of benzene rings is 1. The Morgan fingerprint density at radius 2 is 1.50 bits per heavy atom. The molecular weight excluding hydrogens is 202 g/mol. The molecule has 2 amide bonds. The van der Waals surface area contributed by atoms with Crippen molar-refractivity contribution in [3.63, 3.8) is 0 Å². The zero-order chi connectivity index (χ0) is 11.9. The first kappa shape index (κ1) is 10.6. The summed E-state index contributed by atoms with van der Waals surface area (Å²) in [4.78, 5) is 24.6. The number of aryl methyl sites for hydroxylation is 2. The van der Waals surface area contributed by atoms with E-state index in [0.717, 1.165) is 11.1 Å². The second-order valence-electron chi connectivity index (χ2n) is 4.15. The van der Waals surface area contributed by atoms with Gasteiger partial charge in [-0.05, 0) is 44.0 Å². The molecule has 0 spiro atoms. The Morgan fingerprint density at radius 1 is 0.938 bits per heavy atom. The first-order chi connectivity index (χ1) is 7.49. The molecule has 0 aromatic heterocycles. The van der Waals surface area contributed by atoms with Gasteiger partial charge < -0.3 is 0 Å². The highest BCUT2D eigenvalue weighted by Gasteiger charge is 2.29. The van der Waals surface area contributed by atoms with Gasteiger partial charge in [-0.3, -0.25) is 9.59 Å². The van der Waals surface area contributed by atoms with Crippen LogP contribution in [0.4, 0.5) is 5.69 Å². The van der Waals surface area contributed by atoms with Gasteiger partial charge in [-0.2, -0.15) is 0 Å². The Morgan fingerprint density at radius 3 is 1.94 bits per heavy atom. The molecule has 16 heavy (non-hydrogen) atoms. The lowest BCUT2D eigenvalue weighted by Crippen LogP contribution is -2.30. The summed E-state index contributed by atoms with van der Waals surface area (Å²) in [7, 11) is 0. The van der Waals surface area contributed by atoms with E-state index in [1.807, 2.05) is 32.0 Å². The molecule has 1 aliphatic rings. The number of carbonyl (C=O) groups excluding carboxylic acids is 2.